The van der Waals surface area contributed by atoms with Crippen molar-refractivity contribution in [1.82, 2.24) is 14.9 Å². The number of carbonyl (C=O) groups excluding carboxylic acids is 2. The lowest BCUT2D eigenvalue weighted by Gasteiger charge is -2.49. The molecule has 8 nitrogen and oxygen atoms in total. The van der Waals surface area contributed by atoms with Crippen LogP contribution in [0.5, 0.6) is 5.75 Å². The molecule has 2 aromatic rings. The number of hydrogen-bond acceptors (Lipinski definition) is 5. The van der Waals surface area contributed by atoms with Gasteiger partial charge in [-0.1, -0.05) is 12.1 Å². The molecule has 1 saturated heterocycles. The molecule has 2 amide bonds. The van der Waals surface area contributed by atoms with Gasteiger partial charge in [0.2, 0.25) is 5.43 Å². The molecule has 1 saturated carbocycles. The standard InChI is InChI=1S/C23H25FN4O4/c1-13-5-6-14(17(24)10-13)11-25-22(31)16-12-27-19(21(30)20(16)29)23(32)28(15-7-8-15)18-4-2-3-9-26(18)27/h5-6,10,12,15,18,30H,2-4,7-9,11H2,1H3,(H,25,31)/t18-/m1/s1. The SMILES string of the molecule is Cc1ccc(CNC(=O)c2cn3c(c(O)c2=O)C(=O)N(C2CC2)[C@@H]2CCCCN23)c(F)c1. The van der Waals surface area contributed by atoms with Crippen LogP contribution < -0.4 is 15.8 Å². The van der Waals surface area contributed by atoms with Crippen LogP contribution in [0.4, 0.5) is 4.39 Å². The number of nitrogens with one attached hydrogen (secondary N) is 1. The maximum absolute atomic E-state index is 14.1. The highest BCUT2D eigenvalue weighted by molar-refractivity contribution is 5.99. The Kier molecular flexibility index (Phi) is 4.91. The van der Waals surface area contributed by atoms with Crippen molar-refractivity contribution in [3.05, 3.63) is 62.8 Å². The number of amides is 2. The summed E-state index contributed by atoms with van der Waals surface area (Å²) in [5.41, 5.74) is -0.233. The maximum atomic E-state index is 14.1. The Morgan fingerprint density at radius 2 is 2.00 bits per heavy atom. The number of benzene rings is 1. The van der Waals surface area contributed by atoms with Crippen molar-refractivity contribution in [2.24, 2.45) is 0 Å². The van der Waals surface area contributed by atoms with E-state index in [2.05, 4.69) is 5.32 Å². The minimum absolute atomic E-state index is 0.0961. The molecular formula is C23H25FN4O4. The smallest absolute Gasteiger partial charge is 0.278 e. The zero-order chi connectivity index (χ0) is 22.6. The third-order valence-corrected chi connectivity index (χ3v) is 6.48. The molecule has 3 aliphatic rings. The average molecular weight is 440 g/mol. The van der Waals surface area contributed by atoms with Crippen LogP contribution in [0, 0.1) is 12.7 Å². The van der Waals surface area contributed by atoms with Gasteiger partial charge in [-0.2, -0.15) is 0 Å². The number of halogens is 1. The Morgan fingerprint density at radius 3 is 2.72 bits per heavy atom. The molecule has 5 rings (SSSR count). The summed E-state index contributed by atoms with van der Waals surface area (Å²) in [5.74, 6) is -2.28. The first-order chi connectivity index (χ1) is 15.4. The van der Waals surface area contributed by atoms with E-state index in [0.717, 1.165) is 37.7 Å². The van der Waals surface area contributed by atoms with Gasteiger partial charge in [-0.3, -0.25) is 24.1 Å². The van der Waals surface area contributed by atoms with Gasteiger partial charge in [-0.15, -0.1) is 0 Å². The molecule has 0 spiro atoms. The van der Waals surface area contributed by atoms with Crippen LogP contribution in [-0.4, -0.2) is 45.2 Å². The van der Waals surface area contributed by atoms with Gasteiger partial charge in [-0.25, -0.2) is 4.39 Å². The molecule has 1 atom stereocenters. The summed E-state index contributed by atoms with van der Waals surface area (Å²) in [6, 6.07) is 4.81. The molecule has 2 N–H and O–H groups in total. The van der Waals surface area contributed by atoms with Crippen molar-refractivity contribution in [3.63, 3.8) is 0 Å². The fourth-order valence-electron chi connectivity index (χ4n) is 4.67. The van der Waals surface area contributed by atoms with Crippen LogP contribution in [0.2, 0.25) is 0 Å². The van der Waals surface area contributed by atoms with E-state index in [1.807, 2.05) is 5.01 Å². The van der Waals surface area contributed by atoms with E-state index in [4.69, 9.17) is 0 Å². The average Bonchev–Trinajstić information content (AvgIpc) is 3.60. The van der Waals surface area contributed by atoms with Crippen LogP contribution in [-0.2, 0) is 6.54 Å². The second-order valence-electron chi connectivity index (χ2n) is 8.77. The fraction of sp³-hybridized carbons (Fsp3) is 0.435. The third-order valence-electron chi connectivity index (χ3n) is 6.48. The molecule has 1 aromatic heterocycles. The van der Waals surface area contributed by atoms with Crippen molar-refractivity contribution < 1.29 is 19.1 Å². The molecule has 168 valence electrons. The minimum atomic E-state index is -0.905. The van der Waals surface area contributed by atoms with Crippen LogP contribution in [0.15, 0.2) is 29.2 Å². The summed E-state index contributed by atoms with van der Waals surface area (Å²) in [7, 11) is 0. The van der Waals surface area contributed by atoms with Gasteiger partial charge < -0.3 is 15.3 Å². The lowest BCUT2D eigenvalue weighted by molar-refractivity contribution is 0.0495. The minimum Gasteiger partial charge on any atom is -0.502 e. The van der Waals surface area contributed by atoms with Crippen molar-refractivity contribution in [2.45, 2.75) is 57.8 Å². The van der Waals surface area contributed by atoms with Crippen LogP contribution in [0.1, 0.15) is 64.1 Å². The number of fused-ring (bicyclic) bond motifs is 3. The summed E-state index contributed by atoms with van der Waals surface area (Å²) in [6.45, 7) is 2.31. The highest BCUT2D eigenvalue weighted by Crippen LogP contribution is 2.37. The zero-order valence-corrected chi connectivity index (χ0v) is 17.8. The number of piperidine rings is 1. The molecule has 2 aliphatic heterocycles. The first-order valence-electron chi connectivity index (χ1n) is 11.0. The molecule has 1 aromatic carbocycles. The van der Waals surface area contributed by atoms with Crippen molar-refractivity contribution in [1.29, 1.82) is 0 Å². The number of hydrogen-bond donors (Lipinski definition) is 2. The predicted molar refractivity (Wildman–Crippen MR) is 115 cm³/mol. The molecule has 3 heterocycles. The predicted octanol–water partition coefficient (Wildman–Crippen LogP) is 2.00. The summed E-state index contributed by atoms with van der Waals surface area (Å²) in [6.07, 6.45) is 5.68. The Bertz CT molecular complexity index is 1170. The van der Waals surface area contributed by atoms with Crippen molar-refractivity contribution >= 4 is 11.8 Å². The molecule has 32 heavy (non-hydrogen) atoms. The first kappa shape index (κ1) is 20.5. The Morgan fingerprint density at radius 1 is 1.22 bits per heavy atom. The van der Waals surface area contributed by atoms with Crippen molar-refractivity contribution in [3.8, 4) is 5.75 Å². The van der Waals surface area contributed by atoms with E-state index < -0.39 is 22.9 Å². The Balaban J connectivity index is 1.49. The number of rotatable bonds is 4. The van der Waals surface area contributed by atoms with E-state index in [1.54, 1.807) is 24.0 Å². The highest BCUT2D eigenvalue weighted by atomic mass is 19.1. The number of aryl methyl sites for hydroxylation is 1. The summed E-state index contributed by atoms with van der Waals surface area (Å²) in [5, 5.41) is 15.2. The van der Waals surface area contributed by atoms with Gasteiger partial charge in [-0.05, 0) is 50.7 Å². The first-order valence-corrected chi connectivity index (χ1v) is 11.0. The molecular weight excluding hydrogens is 415 g/mol. The molecule has 0 unspecified atom stereocenters. The zero-order valence-electron chi connectivity index (χ0n) is 17.8. The summed E-state index contributed by atoms with van der Waals surface area (Å²) in [4.78, 5) is 40.6. The van der Waals surface area contributed by atoms with Crippen molar-refractivity contribution in [2.75, 3.05) is 11.6 Å². The molecule has 1 aliphatic carbocycles. The molecule has 9 heteroatoms. The number of pyridine rings is 1. The number of carbonyl (C=O) groups is 2. The Labute approximate surface area is 184 Å². The van der Waals surface area contributed by atoms with Gasteiger partial charge >= 0.3 is 0 Å². The lowest BCUT2D eigenvalue weighted by atomic mass is 10.0. The van der Waals surface area contributed by atoms with Gasteiger partial charge in [0.15, 0.2) is 11.4 Å². The maximum Gasteiger partial charge on any atom is 0.278 e. The van der Waals surface area contributed by atoms with Crippen LogP contribution >= 0.6 is 0 Å². The van der Waals surface area contributed by atoms with Gasteiger partial charge in [0, 0.05) is 30.9 Å². The number of aromatic nitrogens is 1. The molecule has 2 fully saturated rings. The van der Waals surface area contributed by atoms with Gasteiger partial charge in [0.25, 0.3) is 11.8 Å². The monoisotopic (exact) mass is 440 g/mol. The summed E-state index contributed by atoms with van der Waals surface area (Å²) >= 11 is 0. The molecule has 0 radical (unpaired) electrons. The van der Waals surface area contributed by atoms with E-state index in [1.165, 1.54) is 16.9 Å². The van der Waals surface area contributed by atoms with E-state index in [9.17, 15) is 23.9 Å². The van der Waals surface area contributed by atoms with Gasteiger partial charge in [0.05, 0.1) is 0 Å². The Hall–Kier alpha value is -3.36. The lowest BCUT2D eigenvalue weighted by Crippen LogP contribution is -2.63. The van der Waals surface area contributed by atoms with Crippen LogP contribution in [0.25, 0.3) is 0 Å². The second-order valence-corrected chi connectivity index (χ2v) is 8.77. The second kappa shape index (κ2) is 7.65. The fourth-order valence-corrected chi connectivity index (χ4v) is 4.67. The van der Waals surface area contributed by atoms with E-state index in [0.29, 0.717) is 6.54 Å². The van der Waals surface area contributed by atoms with E-state index in [-0.39, 0.29) is 41.5 Å². The van der Waals surface area contributed by atoms with Crippen LogP contribution in [0.3, 0.4) is 0 Å². The van der Waals surface area contributed by atoms with Gasteiger partial charge in [0.1, 0.15) is 17.5 Å². The summed E-state index contributed by atoms with van der Waals surface area (Å²) < 4.78 is 15.6. The van der Waals surface area contributed by atoms with E-state index >= 15 is 0 Å². The topological polar surface area (TPSA) is 94.9 Å². The largest absolute Gasteiger partial charge is 0.502 e. The number of aromatic hydroxyl groups is 1. The number of nitrogens with zero attached hydrogens (tertiary/aromatic N) is 3. The normalized spacial score (nSPS) is 20.1. The third kappa shape index (κ3) is 3.32. The molecule has 0 bridgehead atoms. The highest BCUT2D eigenvalue weighted by Gasteiger charge is 2.47. The quantitative estimate of drug-likeness (QED) is 0.758.